The van der Waals surface area contributed by atoms with Crippen LogP contribution in [0.2, 0.25) is 0 Å². The lowest BCUT2D eigenvalue weighted by atomic mass is 10.1. The van der Waals surface area contributed by atoms with E-state index in [0.717, 1.165) is 4.88 Å². The first-order valence-electron chi connectivity index (χ1n) is 3.88. The van der Waals surface area contributed by atoms with E-state index in [2.05, 4.69) is 10.3 Å². The summed E-state index contributed by atoms with van der Waals surface area (Å²) >= 11 is 1.47. The van der Waals surface area contributed by atoms with E-state index < -0.39 is 5.60 Å². The highest BCUT2D eigenvalue weighted by atomic mass is 32.1. The van der Waals surface area contributed by atoms with E-state index in [1.165, 1.54) is 25.2 Å². The van der Waals surface area contributed by atoms with Gasteiger partial charge >= 0.3 is 0 Å². The summed E-state index contributed by atoms with van der Waals surface area (Å²) in [6.45, 7) is 3.33. The third-order valence-corrected chi connectivity index (χ3v) is 2.24. The highest BCUT2D eigenvalue weighted by molar-refractivity contribution is 7.09. The molecule has 5 heteroatoms. The SMILES string of the molecule is CC(C)(O)C(=O)NCc1cncs1. The van der Waals surface area contributed by atoms with E-state index in [4.69, 9.17) is 0 Å². The van der Waals surface area contributed by atoms with Crippen LogP contribution in [0.1, 0.15) is 18.7 Å². The van der Waals surface area contributed by atoms with E-state index in [9.17, 15) is 9.90 Å². The van der Waals surface area contributed by atoms with E-state index in [1.54, 1.807) is 11.7 Å². The molecule has 0 atom stereocenters. The minimum Gasteiger partial charge on any atom is -0.381 e. The number of hydrogen-bond donors (Lipinski definition) is 2. The summed E-state index contributed by atoms with van der Waals surface area (Å²) in [5.74, 6) is -0.374. The zero-order valence-corrected chi connectivity index (χ0v) is 8.39. The zero-order valence-electron chi connectivity index (χ0n) is 7.57. The molecule has 0 aliphatic carbocycles. The summed E-state index contributed by atoms with van der Waals surface area (Å²) in [6, 6.07) is 0. The van der Waals surface area contributed by atoms with Crippen molar-refractivity contribution in [1.82, 2.24) is 10.3 Å². The smallest absolute Gasteiger partial charge is 0.251 e. The van der Waals surface area contributed by atoms with Crippen LogP contribution in [0.15, 0.2) is 11.7 Å². The van der Waals surface area contributed by atoms with Crippen molar-refractivity contribution < 1.29 is 9.90 Å². The highest BCUT2D eigenvalue weighted by Gasteiger charge is 2.22. The van der Waals surface area contributed by atoms with Crippen molar-refractivity contribution in [3.05, 3.63) is 16.6 Å². The van der Waals surface area contributed by atoms with Crippen LogP contribution in [-0.4, -0.2) is 21.6 Å². The van der Waals surface area contributed by atoms with E-state index in [-0.39, 0.29) is 5.91 Å². The Kier molecular flexibility index (Phi) is 3.00. The lowest BCUT2D eigenvalue weighted by Gasteiger charge is -2.15. The van der Waals surface area contributed by atoms with Gasteiger partial charge in [-0.1, -0.05) is 0 Å². The van der Waals surface area contributed by atoms with Crippen LogP contribution in [0.4, 0.5) is 0 Å². The van der Waals surface area contributed by atoms with Gasteiger partial charge in [0.2, 0.25) is 0 Å². The largest absolute Gasteiger partial charge is 0.381 e. The molecule has 1 heterocycles. The molecule has 0 spiro atoms. The first-order chi connectivity index (χ1) is 6.00. The fourth-order valence-corrected chi connectivity index (χ4v) is 1.25. The second-order valence-electron chi connectivity index (χ2n) is 3.21. The van der Waals surface area contributed by atoms with Crippen LogP contribution in [0.5, 0.6) is 0 Å². The topological polar surface area (TPSA) is 62.2 Å². The summed E-state index contributed by atoms with van der Waals surface area (Å²) in [5, 5.41) is 11.9. The number of carbonyl (C=O) groups excluding carboxylic acids is 1. The van der Waals surface area contributed by atoms with Gasteiger partial charge in [0.05, 0.1) is 12.1 Å². The van der Waals surface area contributed by atoms with Gasteiger partial charge in [-0.25, -0.2) is 0 Å². The van der Waals surface area contributed by atoms with Crippen molar-refractivity contribution in [3.8, 4) is 0 Å². The molecule has 0 bridgehead atoms. The van der Waals surface area contributed by atoms with E-state index in [1.807, 2.05) is 0 Å². The molecule has 0 aromatic carbocycles. The average Bonchev–Trinajstić information content (AvgIpc) is 2.50. The van der Waals surface area contributed by atoms with Crippen LogP contribution >= 0.6 is 11.3 Å². The van der Waals surface area contributed by atoms with Crippen molar-refractivity contribution in [2.75, 3.05) is 0 Å². The molecule has 1 amide bonds. The number of rotatable bonds is 3. The van der Waals surface area contributed by atoms with Gasteiger partial charge in [0.1, 0.15) is 5.60 Å². The molecule has 1 aromatic heterocycles. The second-order valence-corrected chi connectivity index (χ2v) is 4.18. The maximum Gasteiger partial charge on any atom is 0.251 e. The zero-order chi connectivity index (χ0) is 9.90. The number of amides is 1. The summed E-state index contributed by atoms with van der Waals surface area (Å²) in [7, 11) is 0. The van der Waals surface area contributed by atoms with Gasteiger partial charge in [0.15, 0.2) is 0 Å². The summed E-state index contributed by atoms with van der Waals surface area (Å²) in [6.07, 6.45) is 1.69. The van der Waals surface area contributed by atoms with Gasteiger partial charge in [-0.2, -0.15) is 0 Å². The number of thiazole rings is 1. The summed E-state index contributed by atoms with van der Waals surface area (Å²) in [4.78, 5) is 16.0. The Morgan fingerprint density at radius 2 is 2.46 bits per heavy atom. The first kappa shape index (κ1) is 10.1. The monoisotopic (exact) mass is 200 g/mol. The average molecular weight is 200 g/mol. The molecule has 0 aliphatic heterocycles. The Labute approximate surface area is 80.6 Å². The van der Waals surface area contributed by atoms with E-state index in [0.29, 0.717) is 6.54 Å². The van der Waals surface area contributed by atoms with Gasteiger partial charge in [0, 0.05) is 11.1 Å². The molecule has 0 saturated carbocycles. The van der Waals surface area contributed by atoms with Crippen LogP contribution in [0.25, 0.3) is 0 Å². The Bertz CT molecular complexity index is 277. The number of nitrogens with zero attached hydrogens (tertiary/aromatic N) is 1. The van der Waals surface area contributed by atoms with Crippen LogP contribution in [0.3, 0.4) is 0 Å². The van der Waals surface area contributed by atoms with Crippen LogP contribution in [0, 0.1) is 0 Å². The van der Waals surface area contributed by atoms with Crippen molar-refractivity contribution in [2.45, 2.75) is 26.0 Å². The molecule has 0 fully saturated rings. The molecular formula is C8H12N2O2S. The van der Waals surface area contributed by atoms with Gasteiger partial charge in [-0.3, -0.25) is 9.78 Å². The van der Waals surface area contributed by atoms with Crippen LogP contribution in [-0.2, 0) is 11.3 Å². The maximum atomic E-state index is 11.2. The van der Waals surface area contributed by atoms with E-state index >= 15 is 0 Å². The summed E-state index contributed by atoms with van der Waals surface area (Å²) < 4.78 is 0. The van der Waals surface area contributed by atoms with Crippen LogP contribution < -0.4 is 5.32 Å². The Hall–Kier alpha value is -0.940. The van der Waals surface area contributed by atoms with Crippen molar-refractivity contribution in [2.24, 2.45) is 0 Å². The number of nitrogens with one attached hydrogen (secondary N) is 1. The predicted octanol–water partition coefficient (Wildman–Crippen LogP) is 0.530. The van der Waals surface area contributed by atoms with Gasteiger partial charge in [-0.05, 0) is 13.8 Å². The molecule has 1 rings (SSSR count). The molecule has 72 valence electrons. The third-order valence-electron chi connectivity index (χ3n) is 1.46. The molecule has 4 nitrogen and oxygen atoms in total. The Balaban J connectivity index is 2.40. The molecule has 0 radical (unpaired) electrons. The molecule has 0 unspecified atom stereocenters. The lowest BCUT2D eigenvalue weighted by molar-refractivity contribution is -0.136. The normalized spacial score (nSPS) is 11.3. The van der Waals surface area contributed by atoms with Gasteiger partial charge in [0.25, 0.3) is 5.91 Å². The van der Waals surface area contributed by atoms with Crippen molar-refractivity contribution >= 4 is 17.2 Å². The fraction of sp³-hybridized carbons (Fsp3) is 0.500. The number of hydrogen-bond acceptors (Lipinski definition) is 4. The number of aromatic nitrogens is 1. The molecule has 13 heavy (non-hydrogen) atoms. The van der Waals surface area contributed by atoms with Crippen molar-refractivity contribution in [3.63, 3.8) is 0 Å². The second kappa shape index (κ2) is 3.85. The lowest BCUT2D eigenvalue weighted by Crippen LogP contribution is -2.41. The minimum atomic E-state index is -1.31. The maximum absolute atomic E-state index is 11.2. The van der Waals surface area contributed by atoms with Crippen molar-refractivity contribution in [1.29, 1.82) is 0 Å². The molecule has 0 saturated heterocycles. The number of carbonyl (C=O) groups is 1. The Morgan fingerprint density at radius 1 is 1.77 bits per heavy atom. The molecule has 0 aliphatic rings. The first-order valence-corrected chi connectivity index (χ1v) is 4.76. The summed E-state index contributed by atoms with van der Waals surface area (Å²) in [5.41, 5.74) is 0.385. The minimum absolute atomic E-state index is 0.374. The standard InChI is InChI=1S/C8H12N2O2S/c1-8(2,12)7(11)10-4-6-3-9-5-13-6/h3,5,12H,4H2,1-2H3,(H,10,11). The molecule has 1 aromatic rings. The quantitative estimate of drug-likeness (QED) is 0.748. The predicted molar refractivity (Wildman–Crippen MR) is 50.3 cm³/mol. The highest BCUT2D eigenvalue weighted by Crippen LogP contribution is 2.06. The van der Waals surface area contributed by atoms with Gasteiger partial charge in [-0.15, -0.1) is 11.3 Å². The molecule has 2 N–H and O–H groups in total. The fourth-order valence-electron chi connectivity index (χ4n) is 0.713. The Morgan fingerprint density at radius 3 is 2.92 bits per heavy atom. The molecular weight excluding hydrogens is 188 g/mol. The third kappa shape index (κ3) is 3.12. The van der Waals surface area contributed by atoms with Gasteiger partial charge < -0.3 is 10.4 Å². The number of aliphatic hydroxyl groups is 1.